The molecule has 9 nitrogen and oxygen atoms in total. The SMILES string of the molecule is CCC(C(=O)NC1CCCCC1)N(Cc1ccccc1Cl)C(=O)CN(c1ccc(Cl)cc1)S(=O)(=O)c1ccc(OC)c(OC)c1. The fourth-order valence-electron chi connectivity index (χ4n) is 5.51. The fraction of sp³-hybridized carbons (Fsp3) is 0.394. The van der Waals surface area contributed by atoms with Gasteiger partial charge in [0.05, 0.1) is 24.8 Å². The second-order valence-electron chi connectivity index (χ2n) is 10.9. The summed E-state index contributed by atoms with van der Waals surface area (Å²) in [5, 5.41) is 3.98. The van der Waals surface area contributed by atoms with E-state index in [4.69, 9.17) is 32.7 Å². The first-order valence-corrected chi connectivity index (χ1v) is 17.1. The number of sulfonamides is 1. The molecule has 1 aliphatic carbocycles. The highest BCUT2D eigenvalue weighted by atomic mass is 35.5. The summed E-state index contributed by atoms with van der Waals surface area (Å²) in [6.07, 6.45) is 5.29. The quantitative estimate of drug-likeness (QED) is 0.223. The number of carbonyl (C=O) groups is 2. The number of amides is 2. The molecule has 0 spiro atoms. The van der Waals surface area contributed by atoms with Crippen LogP contribution in [-0.4, -0.2) is 58.0 Å². The molecule has 45 heavy (non-hydrogen) atoms. The molecular formula is C33H39Cl2N3O6S. The number of carbonyl (C=O) groups excluding carboxylic acids is 2. The molecular weight excluding hydrogens is 637 g/mol. The Morgan fingerprint density at radius 1 is 0.933 bits per heavy atom. The first-order valence-electron chi connectivity index (χ1n) is 14.9. The summed E-state index contributed by atoms with van der Waals surface area (Å²) in [6.45, 7) is 1.26. The zero-order chi connectivity index (χ0) is 32.6. The lowest BCUT2D eigenvalue weighted by atomic mass is 9.95. The number of anilines is 1. The molecule has 1 fully saturated rings. The molecule has 0 bridgehead atoms. The molecule has 0 aliphatic heterocycles. The van der Waals surface area contributed by atoms with Gasteiger partial charge >= 0.3 is 0 Å². The third kappa shape index (κ3) is 8.42. The molecule has 4 rings (SSSR count). The minimum absolute atomic E-state index is 0.0139. The van der Waals surface area contributed by atoms with Crippen LogP contribution in [0.5, 0.6) is 11.5 Å². The lowest BCUT2D eigenvalue weighted by molar-refractivity contribution is -0.140. The van der Waals surface area contributed by atoms with E-state index in [2.05, 4.69) is 5.32 Å². The van der Waals surface area contributed by atoms with E-state index in [0.717, 1.165) is 36.4 Å². The van der Waals surface area contributed by atoms with Crippen molar-refractivity contribution in [2.75, 3.05) is 25.1 Å². The predicted octanol–water partition coefficient (Wildman–Crippen LogP) is 6.46. The van der Waals surface area contributed by atoms with Gasteiger partial charge in [-0.3, -0.25) is 13.9 Å². The highest BCUT2D eigenvalue weighted by Crippen LogP contribution is 2.33. The van der Waals surface area contributed by atoms with Crippen molar-refractivity contribution in [1.29, 1.82) is 0 Å². The number of hydrogen-bond donors (Lipinski definition) is 1. The van der Waals surface area contributed by atoms with Gasteiger partial charge in [0.1, 0.15) is 12.6 Å². The molecule has 1 saturated carbocycles. The maximum absolute atomic E-state index is 14.3. The molecule has 0 aromatic heterocycles. The van der Waals surface area contributed by atoms with Gasteiger partial charge in [0.2, 0.25) is 11.8 Å². The first-order chi connectivity index (χ1) is 21.6. The topological polar surface area (TPSA) is 105 Å². The van der Waals surface area contributed by atoms with Crippen LogP contribution in [0.25, 0.3) is 0 Å². The van der Waals surface area contributed by atoms with E-state index >= 15 is 0 Å². The largest absolute Gasteiger partial charge is 0.493 e. The maximum atomic E-state index is 14.3. The van der Waals surface area contributed by atoms with Gasteiger partial charge in [0, 0.05) is 28.7 Å². The highest BCUT2D eigenvalue weighted by molar-refractivity contribution is 7.92. The molecule has 0 radical (unpaired) electrons. The Morgan fingerprint density at radius 3 is 2.22 bits per heavy atom. The molecule has 1 aliphatic rings. The van der Waals surface area contributed by atoms with Crippen LogP contribution in [0.15, 0.2) is 71.6 Å². The Bertz CT molecular complexity index is 1580. The fourth-order valence-corrected chi connectivity index (χ4v) is 7.27. The lowest BCUT2D eigenvalue weighted by Crippen LogP contribution is -2.54. The summed E-state index contributed by atoms with van der Waals surface area (Å²) in [7, 11) is -1.47. The summed E-state index contributed by atoms with van der Waals surface area (Å²) < 4.78 is 40.1. The van der Waals surface area contributed by atoms with E-state index < -0.39 is 28.5 Å². The van der Waals surface area contributed by atoms with Crippen LogP contribution in [0.1, 0.15) is 51.0 Å². The summed E-state index contributed by atoms with van der Waals surface area (Å²) in [4.78, 5) is 29.3. The summed E-state index contributed by atoms with van der Waals surface area (Å²) in [6, 6.07) is 16.6. The number of nitrogens with one attached hydrogen (secondary N) is 1. The van der Waals surface area contributed by atoms with E-state index in [-0.39, 0.29) is 34.8 Å². The Balaban J connectivity index is 1.74. The van der Waals surface area contributed by atoms with Crippen LogP contribution >= 0.6 is 23.2 Å². The van der Waals surface area contributed by atoms with Crippen LogP contribution in [0.4, 0.5) is 5.69 Å². The average Bonchev–Trinajstić information content (AvgIpc) is 3.04. The van der Waals surface area contributed by atoms with Crippen LogP contribution in [0.2, 0.25) is 10.0 Å². The van der Waals surface area contributed by atoms with E-state index in [1.165, 1.54) is 49.5 Å². The molecule has 3 aromatic rings. The standard InChI is InChI=1S/C33H39Cl2N3O6S/c1-4-29(33(40)36-25-11-6-5-7-12-25)37(21-23-10-8-9-13-28(23)35)32(39)22-38(26-16-14-24(34)15-17-26)45(41,42)27-18-19-30(43-2)31(20-27)44-3/h8-10,13-20,25,29H,4-7,11-12,21-22H2,1-3H3,(H,36,40). The van der Waals surface area contributed by atoms with Crippen molar-refractivity contribution in [3.8, 4) is 11.5 Å². The number of halogens is 2. The molecule has 12 heteroatoms. The smallest absolute Gasteiger partial charge is 0.264 e. The molecule has 0 saturated heterocycles. The second-order valence-corrected chi connectivity index (χ2v) is 13.6. The molecule has 1 atom stereocenters. The van der Waals surface area contributed by atoms with Crippen LogP contribution in [0, 0.1) is 0 Å². The van der Waals surface area contributed by atoms with Gasteiger partial charge in [-0.15, -0.1) is 0 Å². The van der Waals surface area contributed by atoms with Crippen LogP contribution in [-0.2, 0) is 26.2 Å². The van der Waals surface area contributed by atoms with E-state index in [9.17, 15) is 18.0 Å². The molecule has 2 amide bonds. The zero-order valence-electron chi connectivity index (χ0n) is 25.7. The minimum atomic E-state index is -4.33. The lowest BCUT2D eigenvalue weighted by Gasteiger charge is -2.34. The Morgan fingerprint density at radius 2 is 1.60 bits per heavy atom. The van der Waals surface area contributed by atoms with Gasteiger partial charge < -0.3 is 19.7 Å². The number of hydrogen-bond acceptors (Lipinski definition) is 6. The zero-order valence-corrected chi connectivity index (χ0v) is 28.0. The Hall–Kier alpha value is -3.47. The Kier molecular flexibility index (Phi) is 12.0. The number of nitrogens with zero attached hydrogens (tertiary/aromatic N) is 2. The van der Waals surface area contributed by atoms with Crippen molar-refractivity contribution >= 4 is 50.7 Å². The van der Waals surface area contributed by atoms with Gasteiger partial charge in [-0.25, -0.2) is 8.42 Å². The number of methoxy groups -OCH3 is 2. The van der Waals surface area contributed by atoms with Crippen molar-refractivity contribution in [3.05, 3.63) is 82.3 Å². The van der Waals surface area contributed by atoms with Crippen molar-refractivity contribution in [2.24, 2.45) is 0 Å². The van der Waals surface area contributed by atoms with Crippen molar-refractivity contribution in [1.82, 2.24) is 10.2 Å². The predicted molar refractivity (Wildman–Crippen MR) is 177 cm³/mol. The van der Waals surface area contributed by atoms with Crippen molar-refractivity contribution in [2.45, 2.75) is 69.0 Å². The third-order valence-electron chi connectivity index (χ3n) is 7.97. The van der Waals surface area contributed by atoms with Gasteiger partial charge in [-0.05, 0) is 67.3 Å². The van der Waals surface area contributed by atoms with E-state index in [0.29, 0.717) is 27.8 Å². The number of rotatable bonds is 13. The highest BCUT2D eigenvalue weighted by Gasteiger charge is 2.35. The normalized spacial score (nSPS) is 14.3. The maximum Gasteiger partial charge on any atom is 0.264 e. The molecule has 1 N–H and O–H groups in total. The summed E-state index contributed by atoms with van der Waals surface area (Å²) in [5.74, 6) is -0.275. The van der Waals surface area contributed by atoms with Gasteiger partial charge in [0.25, 0.3) is 10.0 Å². The van der Waals surface area contributed by atoms with Crippen molar-refractivity contribution < 1.29 is 27.5 Å². The van der Waals surface area contributed by atoms with Crippen LogP contribution in [0.3, 0.4) is 0 Å². The van der Waals surface area contributed by atoms with Gasteiger partial charge in [0.15, 0.2) is 11.5 Å². The molecule has 1 unspecified atom stereocenters. The number of benzene rings is 3. The Labute approximate surface area is 275 Å². The summed E-state index contributed by atoms with van der Waals surface area (Å²) in [5.41, 5.74) is 0.858. The van der Waals surface area contributed by atoms with E-state index in [1.54, 1.807) is 36.4 Å². The summed E-state index contributed by atoms with van der Waals surface area (Å²) >= 11 is 12.6. The van der Waals surface area contributed by atoms with Crippen molar-refractivity contribution in [3.63, 3.8) is 0 Å². The van der Waals surface area contributed by atoms with E-state index in [1.807, 2.05) is 6.92 Å². The van der Waals surface area contributed by atoms with Gasteiger partial charge in [-0.1, -0.05) is 67.6 Å². The van der Waals surface area contributed by atoms with Gasteiger partial charge in [-0.2, -0.15) is 0 Å². The molecule has 242 valence electrons. The second kappa shape index (κ2) is 15.7. The first kappa shape index (κ1) is 34.4. The molecule has 0 heterocycles. The molecule has 3 aromatic carbocycles. The third-order valence-corrected chi connectivity index (χ3v) is 10.4. The monoisotopic (exact) mass is 675 g/mol. The van der Waals surface area contributed by atoms with Crippen LogP contribution < -0.4 is 19.1 Å². The number of ether oxygens (including phenoxy) is 2. The minimum Gasteiger partial charge on any atom is -0.493 e. The average molecular weight is 677 g/mol.